The highest BCUT2D eigenvalue weighted by Crippen LogP contribution is 2.49. The molecule has 3 saturated heterocycles. The van der Waals surface area contributed by atoms with Crippen molar-refractivity contribution in [1.82, 2.24) is 0 Å². The van der Waals surface area contributed by atoms with Crippen LogP contribution in [0.3, 0.4) is 0 Å². The lowest BCUT2D eigenvalue weighted by Gasteiger charge is -2.44. The van der Waals surface area contributed by atoms with Gasteiger partial charge in [0.25, 0.3) is 0 Å². The summed E-state index contributed by atoms with van der Waals surface area (Å²) in [6, 6.07) is 0. The first-order valence-electron chi connectivity index (χ1n) is 7.62. The lowest BCUT2D eigenvalue weighted by Crippen LogP contribution is -2.64. The zero-order valence-corrected chi connectivity index (χ0v) is 13.6. The van der Waals surface area contributed by atoms with Crippen LogP contribution in [0.4, 0.5) is 0 Å². The summed E-state index contributed by atoms with van der Waals surface area (Å²) in [5.41, 5.74) is 0. The zero-order valence-electron chi connectivity index (χ0n) is 13.6. The standard InChI is InChI=1S/C15H26O6/c1-8(2)11(16)15-12(20-14(5,6)21-15)10-9(7-17-15)18-13(3,4)19-10/h8-12,16H,7H2,1-6H3/t9-,10-,11+,12+,15+/m1/s1. The Labute approximate surface area is 125 Å². The molecule has 122 valence electrons. The van der Waals surface area contributed by atoms with E-state index >= 15 is 0 Å². The van der Waals surface area contributed by atoms with E-state index in [9.17, 15) is 5.11 Å². The second-order valence-electron chi connectivity index (χ2n) is 7.40. The molecule has 0 spiro atoms. The van der Waals surface area contributed by atoms with Crippen LogP contribution in [0.25, 0.3) is 0 Å². The topological polar surface area (TPSA) is 66.4 Å². The molecule has 3 aliphatic rings. The third-order valence-electron chi connectivity index (χ3n) is 4.25. The summed E-state index contributed by atoms with van der Waals surface area (Å²) in [4.78, 5) is 0. The van der Waals surface area contributed by atoms with E-state index in [4.69, 9.17) is 23.7 Å². The molecular weight excluding hydrogens is 276 g/mol. The van der Waals surface area contributed by atoms with Gasteiger partial charge in [-0.15, -0.1) is 0 Å². The number of rotatable bonds is 2. The molecule has 0 radical (unpaired) electrons. The summed E-state index contributed by atoms with van der Waals surface area (Å²) < 4.78 is 29.8. The first kappa shape index (κ1) is 15.6. The third-order valence-corrected chi connectivity index (χ3v) is 4.25. The largest absolute Gasteiger partial charge is 0.387 e. The molecule has 3 rings (SSSR count). The average Bonchev–Trinajstić information content (AvgIpc) is 2.80. The van der Waals surface area contributed by atoms with Crippen molar-refractivity contribution in [3.8, 4) is 0 Å². The smallest absolute Gasteiger partial charge is 0.227 e. The van der Waals surface area contributed by atoms with Crippen LogP contribution >= 0.6 is 0 Å². The fourth-order valence-electron chi connectivity index (χ4n) is 3.50. The molecule has 0 bridgehead atoms. The van der Waals surface area contributed by atoms with Gasteiger partial charge in [-0.1, -0.05) is 13.8 Å². The van der Waals surface area contributed by atoms with Crippen molar-refractivity contribution in [2.24, 2.45) is 5.92 Å². The summed E-state index contributed by atoms with van der Waals surface area (Å²) in [7, 11) is 0. The maximum Gasteiger partial charge on any atom is 0.227 e. The zero-order chi connectivity index (χ0) is 15.6. The van der Waals surface area contributed by atoms with Crippen molar-refractivity contribution in [2.45, 2.75) is 83.3 Å². The van der Waals surface area contributed by atoms with Crippen LogP contribution in [0.15, 0.2) is 0 Å². The van der Waals surface area contributed by atoms with Gasteiger partial charge in [0.1, 0.15) is 24.4 Å². The van der Waals surface area contributed by atoms with Gasteiger partial charge >= 0.3 is 0 Å². The molecule has 0 amide bonds. The first-order valence-corrected chi connectivity index (χ1v) is 7.62. The predicted octanol–water partition coefficient (Wildman–Crippen LogP) is 1.40. The minimum Gasteiger partial charge on any atom is -0.387 e. The molecule has 1 N–H and O–H groups in total. The number of fused-ring (bicyclic) bond motifs is 3. The lowest BCUT2D eigenvalue weighted by molar-refractivity contribution is -0.324. The van der Waals surface area contributed by atoms with Gasteiger partial charge < -0.3 is 28.8 Å². The fourth-order valence-corrected chi connectivity index (χ4v) is 3.50. The maximum atomic E-state index is 10.7. The Morgan fingerprint density at radius 1 is 1.00 bits per heavy atom. The van der Waals surface area contributed by atoms with Crippen LogP contribution < -0.4 is 0 Å². The first-order chi connectivity index (χ1) is 9.56. The molecule has 0 aromatic heterocycles. The molecule has 0 aromatic rings. The molecule has 21 heavy (non-hydrogen) atoms. The van der Waals surface area contributed by atoms with E-state index in [1.807, 2.05) is 41.5 Å². The molecule has 3 fully saturated rings. The predicted molar refractivity (Wildman–Crippen MR) is 73.4 cm³/mol. The van der Waals surface area contributed by atoms with Crippen molar-refractivity contribution in [1.29, 1.82) is 0 Å². The van der Waals surface area contributed by atoms with E-state index in [2.05, 4.69) is 0 Å². The number of ether oxygens (including phenoxy) is 5. The average molecular weight is 302 g/mol. The van der Waals surface area contributed by atoms with E-state index in [0.717, 1.165) is 0 Å². The highest BCUT2D eigenvalue weighted by Gasteiger charge is 2.68. The molecule has 0 aliphatic carbocycles. The van der Waals surface area contributed by atoms with Crippen molar-refractivity contribution in [3.63, 3.8) is 0 Å². The van der Waals surface area contributed by atoms with Crippen LogP contribution in [0.1, 0.15) is 41.5 Å². The highest BCUT2D eigenvalue weighted by atomic mass is 16.9. The van der Waals surface area contributed by atoms with E-state index < -0.39 is 29.6 Å². The Balaban J connectivity index is 1.95. The normalized spacial score (nSPS) is 45.4. The van der Waals surface area contributed by atoms with Crippen molar-refractivity contribution < 1.29 is 28.8 Å². The molecule has 5 atom stereocenters. The second kappa shape index (κ2) is 4.63. The van der Waals surface area contributed by atoms with Crippen molar-refractivity contribution in [3.05, 3.63) is 0 Å². The number of hydrogen-bond donors (Lipinski definition) is 1. The van der Waals surface area contributed by atoms with E-state index in [0.29, 0.717) is 6.61 Å². The number of hydrogen-bond acceptors (Lipinski definition) is 6. The highest BCUT2D eigenvalue weighted by molar-refractivity contribution is 5.06. The van der Waals surface area contributed by atoms with Crippen LogP contribution in [0, 0.1) is 5.92 Å². The van der Waals surface area contributed by atoms with Crippen LogP contribution in [-0.4, -0.2) is 53.5 Å². The molecule has 0 unspecified atom stereocenters. The SMILES string of the molecule is CC(C)[C@H](O)[C@@]12OC[C@H]3OC(C)(C)O[C@H]3[C@@H]1OC(C)(C)O2. The molecule has 0 aromatic carbocycles. The van der Waals surface area contributed by atoms with Gasteiger partial charge in [0, 0.05) is 0 Å². The van der Waals surface area contributed by atoms with Gasteiger partial charge in [-0.05, 0) is 33.6 Å². The van der Waals surface area contributed by atoms with Gasteiger partial charge in [0.05, 0.1) is 6.61 Å². The van der Waals surface area contributed by atoms with Gasteiger partial charge in [-0.25, -0.2) is 0 Å². The number of aliphatic hydroxyl groups excluding tert-OH is 1. The Hall–Kier alpha value is -0.240. The summed E-state index contributed by atoms with van der Waals surface area (Å²) in [6.07, 6.45) is -1.86. The Bertz CT molecular complexity index is 420. The Kier molecular flexibility index (Phi) is 3.45. The minimum atomic E-state index is -1.21. The van der Waals surface area contributed by atoms with E-state index in [1.165, 1.54) is 0 Å². The van der Waals surface area contributed by atoms with Gasteiger partial charge in [0.2, 0.25) is 5.79 Å². The monoisotopic (exact) mass is 302 g/mol. The van der Waals surface area contributed by atoms with Crippen LogP contribution in [-0.2, 0) is 23.7 Å². The van der Waals surface area contributed by atoms with Crippen molar-refractivity contribution >= 4 is 0 Å². The molecular formula is C15H26O6. The van der Waals surface area contributed by atoms with Gasteiger partial charge in [-0.3, -0.25) is 0 Å². The van der Waals surface area contributed by atoms with E-state index in [-0.39, 0.29) is 18.1 Å². The molecule has 6 nitrogen and oxygen atoms in total. The molecule has 6 heteroatoms. The van der Waals surface area contributed by atoms with E-state index in [1.54, 1.807) is 0 Å². The van der Waals surface area contributed by atoms with Crippen molar-refractivity contribution in [2.75, 3.05) is 6.61 Å². The Morgan fingerprint density at radius 2 is 1.67 bits per heavy atom. The van der Waals surface area contributed by atoms with Gasteiger partial charge in [0.15, 0.2) is 11.6 Å². The quantitative estimate of drug-likeness (QED) is 0.832. The van der Waals surface area contributed by atoms with Crippen LogP contribution in [0.2, 0.25) is 0 Å². The maximum absolute atomic E-state index is 10.7. The lowest BCUT2D eigenvalue weighted by atomic mass is 9.88. The summed E-state index contributed by atoms with van der Waals surface area (Å²) in [5, 5.41) is 10.7. The second-order valence-corrected chi connectivity index (χ2v) is 7.40. The number of aliphatic hydroxyl groups is 1. The molecule has 3 aliphatic heterocycles. The Morgan fingerprint density at radius 3 is 2.29 bits per heavy atom. The van der Waals surface area contributed by atoms with Crippen LogP contribution in [0.5, 0.6) is 0 Å². The summed E-state index contributed by atoms with van der Waals surface area (Å²) in [5.74, 6) is -2.77. The minimum absolute atomic E-state index is 0.0307. The molecule has 3 heterocycles. The van der Waals surface area contributed by atoms with Gasteiger partial charge in [-0.2, -0.15) is 0 Å². The fraction of sp³-hybridized carbons (Fsp3) is 1.00. The summed E-state index contributed by atoms with van der Waals surface area (Å²) >= 11 is 0. The molecule has 0 saturated carbocycles. The summed E-state index contributed by atoms with van der Waals surface area (Å²) in [6.45, 7) is 11.5. The third kappa shape index (κ3) is 2.42.